The van der Waals surface area contributed by atoms with E-state index in [0.717, 1.165) is 4.88 Å². The molecule has 6 heteroatoms. The molecule has 0 spiro atoms. The monoisotopic (exact) mass is 343 g/mol. The Morgan fingerprint density at radius 2 is 2.04 bits per heavy atom. The van der Waals surface area contributed by atoms with Crippen molar-refractivity contribution >= 4 is 23.0 Å². The van der Waals surface area contributed by atoms with E-state index in [4.69, 9.17) is 0 Å². The van der Waals surface area contributed by atoms with Crippen molar-refractivity contribution in [3.05, 3.63) is 63.6 Å². The summed E-state index contributed by atoms with van der Waals surface area (Å²) in [4.78, 5) is 27.3. The number of carbonyl (C=O) groups excluding carboxylic acids is 2. The molecule has 1 atom stereocenters. The third kappa shape index (κ3) is 2.80. The van der Waals surface area contributed by atoms with Crippen molar-refractivity contribution < 1.29 is 19.8 Å². The molecule has 0 aliphatic carbocycles. The van der Waals surface area contributed by atoms with Crippen molar-refractivity contribution in [2.45, 2.75) is 25.9 Å². The van der Waals surface area contributed by atoms with E-state index in [1.807, 2.05) is 17.5 Å². The van der Waals surface area contributed by atoms with E-state index >= 15 is 0 Å². The van der Waals surface area contributed by atoms with Crippen LogP contribution in [0.4, 0.5) is 0 Å². The van der Waals surface area contributed by atoms with Gasteiger partial charge in [-0.2, -0.15) is 0 Å². The van der Waals surface area contributed by atoms with Crippen LogP contribution in [0.25, 0.3) is 0 Å². The van der Waals surface area contributed by atoms with Crippen LogP contribution in [0.2, 0.25) is 0 Å². The average molecular weight is 343 g/mol. The molecule has 2 N–H and O–H groups in total. The summed E-state index contributed by atoms with van der Waals surface area (Å²) in [5, 5.41) is 21.9. The summed E-state index contributed by atoms with van der Waals surface area (Å²) in [5.41, 5.74) is 0.699. The van der Waals surface area contributed by atoms with Gasteiger partial charge in [0.15, 0.2) is 11.5 Å². The number of Topliss-reactive ketones (excluding diaryl/α,β-unsaturated/α-hetero) is 1. The molecule has 24 heavy (non-hydrogen) atoms. The van der Waals surface area contributed by atoms with E-state index < -0.39 is 17.7 Å². The van der Waals surface area contributed by atoms with Crippen LogP contribution in [0.5, 0.6) is 5.75 Å². The zero-order chi connectivity index (χ0) is 17.3. The summed E-state index contributed by atoms with van der Waals surface area (Å²) >= 11 is 1.50. The highest BCUT2D eigenvalue weighted by molar-refractivity contribution is 7.09. The highest BCUT2D eigenvalue weighted by Gasteiger charge is 2.43. The number of aromatic hydroxyl groups is 1. The topological polar surface area (TPSA) is 77.8 Å². The normalized spacial score (nSPS) is 17.6. The third-order valence-corrected chi connectivity index (χ3v) is 4.88. The fourth-order valence-corrected chi connectivity index (χ4v) is 3.61. The van der Waals surface area contributed by atoms with Crippen molar-refractivity contribution in [2.24, 2.45) is 0 Å². The summed E-state index contributed by atoms with van der Waals surface area (Å²) < 4.78 is 0. The number of benzene rings is 1. The molecule has 124 valence electrons. The molecule has 2 aromatic rings. The van der Waals surface area contributed by atoms with E-state index in [0.29, 0.717) is 12.1 Å². The lowest BCUT2D eigenvalue weighted by atomic mass is 9.95. The Bertz CT molecular complexity index is 810. The number of aliphatic hydroxyl groups excluding tert-OH is 1. The Balaban J connectivity index is 2.08. The van der Waals surface area contributed by atoms with Gasteiger partial charge in [0, 0.05) is 11.3 Å². The van der Waals surface area contributed by atoms with E-state index in [9.17, 15) is 19.8 Å². The van der Waals surface area contributed by atoms with E-state index in [-0.39, 0.29) is 23.5 Å². The van der Waals surface area contributed by atoms with Crippen molar-refractivity contribution in [1.29, 1.82) is 0 Å². The zero-order valence-corrected chi connectivity index (χ0v) is 13.9. The first-order chi connectivity index (χ1) is 11.5. The Morgan fingerprint density at radius 1 is 1.25 bits per heavy atom. The molecule has 2 heterocycles. The minimum Gasteiger partial charge on any atom is -0.508 e. The number of ketones is 1. The summed E-state index contributed by atoms with van der Waals surface area (Å²) in [5.74, 6) is -1.28. The molecule has 1 amide bonds. The van der Waals surface area contributed by atoms with E-state index in [1.165, 1.54) is 28.4 Å². The molecule has 1 aromatic carbocycles. The molecule has 0 bridgehead atoms. The van der Waals surface area contributed by atoms with Gasteiger partial charge in [-0.05, 0) is 29.1 Å². The standard InChI is InChI=1S/C18H17NO4S/c1-2-14(21)15-16(11-5-3-6-12(20)9-11)19(18(23)17(15)22)10-13-7-4-8-24-13/h3-9,16,20,22H,2,10H2,1H3. The van der Waals surface area contributed by atoms with Gasteiger partial charge in [0.05, 0.1) is 18.2 Å². The van der Waals surface area contributed by atoms with Crippen LogP contribution in [0.15, 0.2) is 53.1 Å². The number of phenolic OH excluding ortho intramolecular Hbond substituents is 1. The van der Waals surface area contributed by atoms with Crippen LogP contribution in [-0.2, 0) is 16.1 Å². The molecule has 3 rings (SSSR count). The number of carbonyl (C=O) groups is 2. The number of hydrogen-bond donors (Lipinski definition) is 2. The molecule has 0 saturated heterocycles. The number of thiophene rings is 1. The molecular weight excluding hydrogens is 326 g/mol. The van der Waals surface area contributed by atoms with Crippen molar-refractivity contribution in [3.63, 3.8) is 0 Å². The lowest BCUT2D eigenvalue weighted by Gasteiger charge is -2.26. The van der Waals surface area contributed by atoms with Gasteiger partial charge < -0.3 is 15.1 Å². The Hall–Kier alpha value is -2.60. The van der Waals surface area contributed by atoms with Crippen molar-refractivity contribution in [1.82, 2.24) is 4.90 Å². The first kappa shape index (κ1) is 16.3. The SMILES string of the molecule is CCC(=O)C1=C(O)C(=O)N(Cc2cccs2)C1c1cccc(O)c1. The maximum Gasteiger partial charge on any atom is 0.290 e. The number of rotatable bonds is 5. The van der Waals surface area contributed by atoms with Crippen LogP contribution in [0.3, 0.4) is 0 Å². The second-order valence-electron chi connectivity index (χ2n) is 5.55. The van der Waals surface area contributed by atoms with Crippen molar-refractivity contribution in [3.8, 4) is 5.75 Å². The van der Waals surface area contributed by atoms with Crippen LogP contribution >= 0.6 is 11.3 Å². The first-order valence-electron chi connectivity index (χ1n) is 7.61. The Morgan fingerprint density at radius 3 is 2.67 bits per heavy atom. The minimum atomic E-state index is -0.695. The number of hydrogen-bond acceptors (Lipinski definition) is 5. The smallest absolute Gasteiger partial charge is 0.290 e. The molecule has 1 aliphatic heterocycles. The highest BCUT2D eigenvalue weighted by atomic mass is 32.1. The fraction of sp³-hybridized carbons (Fsp3) is 0.222. The maximum atomic E-state index is 12.5. The molecule has 0 radical (unpaired) electrons. The van der Waals surface area contributed by atoms with E-state index in [2.05, 4.69) is 0 Å². The largest absolute Gasteiger partial charge is 0.508 e. The summed E-state index contributed by atoms with van der Waals surface area (Å²) in [6.45, 7) is 1.98. The number of amides is 1. The number of nitrogens with zero attached hydrogens (tertiary/aromatic N) is 1. The van der Waals surface area contributed by atoms with Gasteiger partial charge in [0.2, 0.25) is 0 Å². The average Bonchev–Trinajstić information content (AvgIpc) is 3.16. The number of phenols is 1. The van der Waals surface area contributed by atoms with Gasteiger partial charge in [-0.3, -0.25) is 9.59 Å². The fourth-order valence-electron chi connectivity index (χ4n) is 2.90. The first-order valence-corrected chi connectivity index (χ1v) is 8.49. The van der Waals surface area contributed by atoms with Gasteiger partial charge in [-0.1, -0.05) is 25.1 Å². The molecule has 0 saturated carbocycles. The van der Waals surface area contributed by atoms with Crippen LogP contribution < -0.4 is 0 Å². The Labute approximate surface area is 143 Å². The predicted molar refractivity (Wildman–Crippen MR) is 90.7 cm³/mol. The van der Waals surface area contributed by atoms with Gasteiger partial charge in [-0.25, -0.2) is 0 Å². The van der Waals surface area contributed by atoms with E-state index in [1.54, 1.807) is 19.1 Å². The molecule has 5 nitrogen and oxygen atoms in total. The van der Waals surface area contributed by atoms with Crippen LogP contribution in [0, 0.1) is 0 Å². The lowest BCUT2D eigenvalue weighted by Crippen LogP contribution is -2.30. The maximum absolute atomic E-state index is 12.5. The van der Waals surface area contributed by atoms with Gasteiger partial charge >= 0.3 is 0 Å². The molecule has 1 unspecified atom stereocenters. The van der Waals surface area contributed by atoms with Gasteiger partial charge in [0.1, 0.15) is 5.75 Å². The van der Waals surface area contributed by atoms with Crippen molar-refractivity contribution in [2.75, 3.05) is 0 Å². The highest BCUT2D eigenvalue weighted by Crippen LogP contribution is 2.40. The molecule has 1 aromatic heterocycles. The molecule has 0 fully saturated rings. The second-order valence-corrected chi connectivity index (χ2v) is 6.58. The second kappa shape index (κ2) is 6.49. The van der Waals surface area contributed by atoms with Gasteiger partial charge in [-0.15, -0.1) is 11.3 Å². The zero-order valence-electron chi connectivity index (χ0n) is 13.1. The molecular formula is C18H17NO4S. The minimum absolute atomic E-state index is 0.0470. The molecule has 1 aliphatic rings. The predicted octanol–water partition coefficient (Wildman–Crippen LogP) is 3.33. The summed E-state index contributed by atoms with van der Waals surface area (Å²) in [6, 6.07) is 9.51. The van der Waals surface area contributed by atoms with Crippen LogP contribution in [-0.4, -0.2) is 26.8 Å². The van der Waals surface area contributed by atoms with Crippen LogP contribution in [0.1, 0.15) is 29.8 Å². The van der Waals surface area contributed by atoms with Gasteiger partial charge in [0.25, 0.3) is 5.91 Å². The summed E-state index contributed by atoms with van der Waals surface area (Å²) in [6.07, 6.45) is 0.189. The lowest BCUT2D eigenvalue weighted by molar-refractivity contribution is -0.130. The number of aliphatic hydroxyl groups is 1. The third-order valence-electron chi connectivity index (χ3n) is 4.02. The Kier molecular flexibility index (Phi) is 4.40. The quantitative estimate of drug-likeness (QED) is 0.873. The summed E-state index contributed by atoms with van der Waals surface area (Å²) in [7, 11) is 0.